The lowest BCUT2D eigenvalue weighted by Gasteiger charge is -2.21. The topological polar surface area (TPSA) is 36.4 Å². The predicted molar refractivity (Wildman–Crippen MR) is 124 cm³/mol. The van der Waals surface area contributed by atoms with Crippen molar-refractivity contribution in [1.29, 1.82) is 0 Å². The molecule has 0 atom stereocenters. The summed E-state index contributed by atoms with van der Waals surface area (Å²) in [7, 11) is 4.07. The summed E-state index contributed by atoms with van der Waals surface area (Å²) in [5.74, 6) is -0.0330. The highest BCUT2D eigenvalue weighted by Gasteiger charge is 2.22. The molecule has 3 rings (SSSR count). The predicted octanol–water partition coefficient (Wildman–Crippen LogP) is 5.84. The molecule has 0 radical (unpaired) electrons. The van der Waals surface area contributed by atoms with Gasteiger partial charge in [0.15, 0.2) is 5.13 Å². The molecule has 144 valence electrons. The van der Waals surface area contributed by atoms with Crippen LogP contribution in [0.2, 0.25) is 0 Å². The SMILES string of the molecule is CN(C)CCCN(C(=O)c1ccccc1Br)c1nc2ccc(Br)cc2s1.Cl. The molecule has 0 bridgehead atoms. The minimum Gasteiger partial charge on any atom is -0.309 e. The zero-order chi connectivity index (χ0) is 18.7. The standard InChI is InChI=1S/C19H19Br2N3OS.ClH/c1-23(2)10-5-11-24(18(25)14-6-3-4-7-15(14)21)19-22-16-9-8-13(20)12-17(16)26-19;/h3-4,6-9,12H,5,10-11H2,1-2H3;1H. The highest BCUT2D eigenvalue weighted by molar-refractivity contribution is 9.10. The van der Waals surface area contributed by atoms with Crippen molar-refractivity contribution in [1.82, 2.24) is 9.88 Å². The average Bonchev–Trinajstić information content (AvgIpc) is 3.01. The van der Waals surface area contributed by atoms with Crippen LogP contribution >= 0.6 is 55.6 Å². The second-order valence-electron chi connectivity index (χ2n) is 6.20. The van der Waals surface area contributed by atoms with Gasteiger partial charge in [-0.2, -0.15) is 0 Å². The molecule has 0 fully saturated rings. The first kappa shape index (κ1) is 22.3. The van der Waals surface area contributed by atoms with Crippen LogP contribution in [0.1, 0.15) is 16.8 Å². The number of benzene rings is 2. The van der Waals surface area contributed by atoms with Gasteiger partial charge in [-0.3, -0.25) is 9.69 Å². The van der Waals surface area contributed by atoms with Crippen LogP contribution in [-0.2, 0) is 0 Å². The summed E-state index contributed by atoms with van der Waals surface area (Å²) in [5, 5.41) is 0.734. The summed E-state index contributed by atoms with van der Waals surface area (Å²) >= 11 is 8.54. The van der Waals surface area contributed by atoms with Crippen molar-refractivity contribution in [2.24, 2.45) is 0 Å². The smallest absolute Gasteiger partial charge is 0.261 e. The zero-order valence-corrected chi connectivity index (χ0v) is 19.8. The number of halogens is 3. The average molecular weight is 534 g/mol. The summed E-state index contributed by atoms with van der Waals surface area (Å²) in [4.78, 5) is 21.8. The molecule has 1 aromatic heterocycles. The Bertz CT molecular complexity index is 932. The van der Waals surface area contributed by atoms with E-state index in [9.17, 15) is 4.79 Å². The molecule has 0 saturated heterocycles. The van der Waals surface area contributed by atoms with Gasteiger partial charge in [0.05, 0.1) is 15.8 Å². The molecule has 0 N–H and O–H groups in total. The van der Waals surface area contributed by atoms with E-state index in [1.54, 1.807) is 16.2 Å². The van der Waals surface area contributed by atoms with Crippen molar-refractivity contribution in [3.05, 3.63) is 57.0 Å². The minimum atomic E-state index is -0.0330. The van der Waals surface area contributed by atoms with E-state index in [1.165, 1.54) is 0 Å². The third kappa shape index (κ3) is 5.51. The van der Waals surface area contributed by atoms with Crippen LogP contribution in [-0.4, -0.2) is 43.0 Å². The van der Waals surface area contributed by atoms with Crippen molar-refractivity contribution < 1.29 is 4.79 Å². The molecular formula is C19H20Br2ClN3OS. The van der Waals surface area contributed by atoms with Crippen LogP contribution in [0.5, 0.6) is 0 Å². The first-order valence-corrected chi connectivity index (χ1v) is 10.6. The maximum atomic E-state index is 13.2. The van der Waals surface area contributed by atoms with E-state index in [0.717, 1.165) is 37.3 Å². The number of carbonyl (C=O) groups excluding carboxylic acids is 1. The Balaban J connectivity index is 0.00000261. The largest absolute Gasteiger partial charge is 0.309 e. The maximum Gasteiger partial charge on any atom is 0.261 e. The lowest BCUT2D eigenvalue weighted by molar-refractivity contribution is 0.0985. The number of anilines is 1. The van der Waals surface area contributed by atoms with E-state index in [4.69, 9.17) is 4.98 Å². The number of amides is 1. The monoisotopic (exact) mass is 531 g/mol. The fourth-order valence-corrected chi connectivity index (χ4v) is 4.61. The first-order chi connectivity index (χ1) is 12.5. The number of hydrogen-bond donors (Lipinski definition) is 0. The maximum absolute atomic E-state index is 13.2. The van der Waals surface area contributed by atoms with E-state index in [0.29, 0.717) is 12.1 Å². The van der Waals surface area contributed by atoms with Crippen LogP contribution in [0.25, 0.3) is 10.2 Å². The zero-order valence-electron chi connectivity index (χ0n) is 15.0. The van der Waals surface area contributed by atoms with E-state index >= 15 is 0 Å². The van der Waals surface area contributed by atoms with Gasteiger partial charge in [-0.05, 0) is 73.3 Å². The Morgan fingerprint density at radius 1 is 1.11 bits per heavy atom. The Morgan fingerprint density at radius 2 is 1.85 bits per heavy atom. The van der Waals surface area contributed by atoms with Crippen molar-refractivity contribution >= 4 is 76.9 Å². The van der Waals surface area contributed by atoms with Gasteiger partial charge in [-0.25, -0.2) is 4.98 Å². The highest BCUT2D eigenvalue weighted by Crippen LogP contribution is 2.32. The first-order valence-electron chi connectivity index (χ1n) is 8.23. The van der Waals surface area contributed by atoms with Gasteiger partial charge < -0.3 is 4.90 Å². The highest BCUT2D eigenvalue weighted by atomic mass is 79.9. The molecule has 4 nitrogen and oxygen atoms in total. The van der Waals surface area contributed by atoms with E-state index in [2.05, 4.69) is 36.8 Å². The molecule has 0 saturated carbocycles. The summed E-state index contributed by atoms with van der Waals surface area (Å²) in [5.41, 5.74) is 1.56. The second kappa shape index (κ2) is 9.98. The molecule has 0 aliphatic heterocycles. The fraction of sp³-hybridized carbons (Fsp3) is 0.263. The third-order valence-electron chi connectivity index (χ3n) is 3.91. The second-order valence-corrected chi connectivity index (χ2v) is 8.98. The van der Waals surface area contributed by atoms with Crippen LogP contribution in [0, 0.1) is 0 Å². The summed E-state index contributed by atoms with van der Waals surface area (Å²) < 4.78 is 2.87. The van der Waals surface area contributed by atoms with Crippen LogP contribution in [0.15, 0.2) is 51.4 Å². The number of fused-ring (bicyclic) bond motifs is 1. The summed E-state index contributed by atoms with van der Waals surface area (Å²) in [6.45, 7) is 1.54. The number of carbonyl (C=O) groups is 1. The van der Waals surface area contributed by atoms with Crippen molar-refractivity contribution in [3.63, 3.8) is 0 Å². The number of thiazole rings is 1. The van der Waals surface area contributed by atoms with E-state index in [1.807, 2.05) is 56.6 Å². The van der Waals surface area contributed by atoms with Gasteiger partial charge in [0.1, 0.15) is 0 Å². The Morgan fingerprint density at radius 3 is 2.56 bits per heavy atom. The molecule has 0 spiro atoms. The van der Waals surface area contributed by atoms with E-state index in [-0.39, 0.29) is 18.3 Å². The number of aromatic nitrogens is 1. The Labute approximate surface area is 186 Å². The molecule has 1 amide bonds. The van der Waals surface area contributed by atoms with E-state index < -0.39 is 0 Å². The molecule has 0 unspecified atom stereocenters. The normalized spacial score (nSPS) is 10.9. The van der Waals surface area contributed by atoms with Gasteiger partial charge in [-0.15, -0.1) is 12.4 Å². The number of nitrogens with zero attached hydrogens (tertiary/aromatic N) is 3. The van der Waals surface area contributed by atoms with Crippen LogP contribution < -0.4 is 4.90 Å². The van der Waals surface area contributed by atoms with Gasteiger partial charge in [0.25, 0.3) is 5.91 Å². The summed E-state index contributed by atoms with van der Waals surface area (Å²) in [6, 6.07) is 13.5. The number of hydrogen-bond acceptors (Lipinski definition) is 4. The van der Waals surface area contributed by atoms with Crippen LogP contribution in [0.3, 0.4) is 0 Å². The van der Waals surface area contributed by atoms with Gasteiger partial charge in [-0.1, -0.05) is 39.4 Å². The van der Waals surface area contributed by atoms with Crippen LogP contribution in [0.4, 0.5) is 5.13 Å². The summed E-state index contributed by atoms with van der Waals surface area (Å²) in [6.07, 6.45) is 0.878. The molecule has 8 heteroatoms. The van der Waals surface area contributed by atoms with Crippen molar-refractivity contribution in [2.45, 2.75) is 6.42 Å². The van der Waals surface area contributed by atoms with Gasteiger partial charge >= 0.3 is 0 Å². The Kier molecular flexibility index (Phi) is 8.24. The Hall–Kier alpha value is -0.990. The molecule has 2 aromatic carbocycles. The quantitative estimate of drug-likeness (QED) is 0.399. The minimum absolute atomic E-state index is 0. The molecule has 0 aliphatic carbocycles. The van der Waals surface area contributed by atoms with Crippen molar-refractivity contribution in [3.8, 4) is 0 Å². The lowest BCUT2D eigenvalue weighted by Crippen LogP contribution is -2.33. The third-order valence-corrected chi connectivity index (χ3v) is 6.13. The molecule has 27 heavy (non-hydrogen) atoms. The number of rotatable bonds is 6. The molecule has 0 aliphatic rings. The lowest BCUT2D eigenvalue weighted by atomic mass is 10.2. The molecule has 3 aromatic rings. The molecular weight excluding hydrogens is 514 g/mol. The molecule has 1 heterocycles. The fourth-order valence-electron chi connectivity index (χ4n) is 2.61. The van der Waals surface area contributed by atoms with Gasteiger partial charge in [0, 0.05) is 15.5 Å². The van der Waals surface area contributed by atoms with Crippen molar-refractivity contribution in [2.75, 3.05) is 32.1 Å². The van der Waals surface area contributed by atoms with Gasteiger partial charge in [0.2, 0.25) is 0 Å².